The maximum atomic E-state index is 9.33. The lowest BCUT2D eigenvalue weighted by Crippen LogP contribution is -2.42. The van der Waals surface area contributed by atoms with Gasteiger partial charge in [-0.15, -0.1) is 0 Å². The van der Waals surface area contributed by atoms with Crippen LogP contribution >= 0.6 is 0 Å². The molecule has 0 fully saturated rings. The number of rotatable bonds is 4. The molecule has 0 saturated heterocycles. The van der Waals surface area contributed by atoms with Crippen LogP contribution in [0.25, 0.3) is 0 Å². The summed E-state index contributed by atoms with van der Waals surface area (Å²) in [5.41, 5.74) is 0.412. The summed E-state index contributed by atoms with van der Waals surface area (Å²) in [5, 5.41) is 21.8. The molecular formula is C11H17NO2. The number of phenolic OH excluding ortho intramolecular Hbond substituents is 1. The second kappa shape index (κ2) is 4.44. The molecule has 0 aliphatic heterocycles. The zero-order valence-corrected chi connectivity index (χ0v) is 8.62. The van der Waals surface area contributed by atoms with Gasteiger partial charge in [0.15, 0.2) is 0 Å². The van der Waals surface area contributed by atoms with Crippen molar-refractivity contribution in [3.8, 4) is 5.75 Å². The topological polar surface area (TPSA) is 52.5 Å². The lowest BCUT2D eigenvalue weighted by Gasteiger charge is -2.28. The van der Waals surface area contributed by atoms with Gasteiger partial charge in [0.2, 0.25) is 0 Å². The minimum atomic E-state index is -0.479. The Kier molecular flexibility index (Phi) is 3.49. The average Bonchev–Trinajstić information content (AvgIpc) is 2.18. The Labute approximate surface area is 84.4 Å². The van der Waals surface area contributed by atoms with Crippen LogP contribution in [0.2, 0.25) is 0 Å². The molecule has 0 radical (unpaired) electrons. The van der Waals surface area contributed by atoms with Gasteiger partial charge in [0, 0.05) is 0 Å². The second-order valence-electron chi connectivity index (χ2n) is 3.57. The van der Waals surface area contributed by atoms with Gasteiger partial charge in [-0.05, 0) is 31.2 Å². The predicted molar refractivity (Wildman–Crippen MR) is 56.2 cm³/mol. The zero-order chi connectivity index (χ0) is 10.6. The minimum absolute atomic E-state index is 0.00426. The fourth-order valence-corrected chi connectivity index (χ4v) is 1.49. The summed E-state index contributed by atoms with van der Waals surface area (Å²) in [4.78, 5) is 0. The standard InChI is InChI=1S/C11H17NO2/c1-3-12-11(2,8-13)9-5-4-6-10(14)7-9/h4-7,12-14H,3,8H2,1-2H3. The van der Waals surface area contributed by atoms with Crippen LogP contribution in [0.3, 0.4) is 0 Å². The molecule has 0 amide bonds. The van der Waals surface area contributed by atoms with E-state index in [2.05, 4.69) is 5.32 Å². The van der Waals surface area contributed by atoms with E-state index in [4.69, 9.17) is 0 Å². The third-order valence-corrected chi connectivity index (χ3v) is 2.37. The SMILES string of the molecule is CCNC(C)(CO)c1cccc(O)c1. The van der Waals surface area contributed by atoms with Gasteiger partial charge in [-0.1, -0.05) is 19.1 Å². The van der Waals surface area contributed by atoms with Gasteiger partial charge in [-0.3, -0.25) is 0 Å². The second-order valence-corrected chi connectivity index (χ2v) is 3.57. The van der Waals surface area contributed by atoms with E-state index in [9.17, 15) is 10.2 Å². The molecule has 3 heteroatoms. The number of phenols is 1. The highest BCUT2D eigenvalue weighted by Crippen LogP contribution is 2.23. The summed E-state index contributed by atoms with van der Waals surface area (Å²) in [5.74, 6) is 0.222. The van der Waals surface area contributed by atoms with Gasteiger partial charge in [0.25, 0.3) is 0 Å². The lowest BCUT2D eigenvalue weighted by molar-refractivity contribution is 0.177. The predicted octanol–water partition coefficient (Wildman–Crippen LogP) is 1.21. The summed E-state index contributed by atoms with van der Waals surface area (Å²) in [7, 11) is 0. The Morgan fingerprint density at radius 2 is 2.14 bits per heavy atom. The van der Waals surface area contributed by atoms with Gasteiger partial charge >= 0.3 is 0 Å². The third kappa shape index (κ3) is 2.25. The molecule has 1 atom stereocenters. The van der Waals surface area contributed by atoms with Crippen molar-refractivity contribution in [1.29, 1.82) is 0 Å². The van der Waals surface area contributed by atoms with E-state index in [1.54, 1.807) is 18.2 Å². The summed E-state index contributed by atoms with van der Waals surface area (Å²) in [6.07, 6.45) is 0. The number of aliphatic hydroxyl groups is 1. The molecule has 1 aromatic rings. The summed E-state index contributed by atoms with van der Waals surface area (Å²) in [6.45, 7) is 4.67. The molecule has 1 unspecified atom stereocenters. The van der Waals surface area contributed by atoms with Crippen molar-refractivity contribution in [1.82, 2.24) is 5.32 Å². The molecule has 0 heterocycles. The van der Waals surface area contributed by atoms with E-state index in [-0.39, 0.29) is 12.4 Å². The number of hydrogen-bond acceptors (Lipinski definition) is 3. The molecule has 0 aliphatic rings. The Balaban J connectivity index is 2.99. The van der Waals surface area contributed by atoms with Crippen molar-refractivity contribution in [3.05, 3.63) is 29.8 Å². The molecule has 14 heavy (non-hydrogen) atoms. The Hall–Kier alpha value is -1.06. The first kappa shape index (κ1) is 11.0. The van der Waals surface area contributed by atoms with Crippen molar-refractivity contribution in [2.45, 2.75) is 19.4 Å². The number of likely N-dealkylation sites (N-methyl/N-ethyl adjacent to an activating group) is 1. The third-order valence-electron chi connectivity index (χ3n) is 2.37. The molecule has 3 N–H and O–H groups in total. The average molecular weight is 195 g/mol. The quantitative estimate of drug-likeness (QED) is 0.677. The van der Waals surface area contributed by atoms with Gasteiger partial charge in [0.05, 0.1) is 12.1 Å². The van der Waals surface area contributed by atoms with Crippen LogP contribution in [-0.2, 0) is 5.54 Å². The molecule has 0 bridgehead atoms. The van der Waals surface area contributed by atoms with Gasteiger partial charge in [0.1, 0.15) is 5.75 Å². The molecule has 0 saturated carbocycles. The van der Waals surface area contributed by atoms with E-state index in [1.807, 2.05) is 19.9 Å². The largest absolute Gasteiger partial charge is 0.508 e. The Morgan fingerprint density at radius 3 is 2.64 bits per heavy atom. The normalized spacial score (nSPS) is 15.1. The molecule has 0 spiro atoms. The van der Waals surface area contributed by atoms with Crippen LogP contribution in [0.5, 0.6) is 5.75 Å². The highest BCUT2D eigenvalue weighted by Gasteiger charge is 2.24. The van der Waals surface area contributed by atoms with E-state index in [1.165, 1.54) is 0 Å². The maximum Gasteiger partial charge on any atom is 0.115 e. The van der Waals surface area contributed by atoms with Crippen molar-refractivity contribution < 1.29 is 10.2 Å². The summed E-state index contributed by atoms with van der Waals surface area (Å²) >= 11 is 0. The maximum absolute atomic E-state index is 9.33. The monoisotopic (exact) mass is 195 g/mol. The molecule has 3 nitrogen and oxygen atoms in total. The number of aliphatic hydroxyl groups excluding tert-OH is 1. The fourth-order valence-electron chi connectivity index (χ4n) is 1.49. The first-order valence-electron chi connectivity index (χ1n) is 4.78. The summed E-state index contributed by atoms with van der Waals surface area (Å²) < 4.78 is 0. The number of nitrogens with one attached hydrogen (secondary N) is 1. The molecule has 0 aromatic heterocycles. The minimum Gasteiger partial charge on any atom is -0.508 e. The van der Waals surface area contributed by atoms with Crippen molar-refractivity contribution in [3.63, 3.8) is 0 Å². The number of benzene rings is 1. The van der Waals surface area contributed by atoms with E-state index >= 15 is 0 Å². The number of hydrogen-bond donors (Lipinski definition) is 3. The van der Waals surface area contributed by atoms with Crippen LogP contribution in [-0.4, -0.2) is 23.4 Å². The van der Waals surface area contributed by atoms with Crippen LogP contribution < -0.4 is 5.32 Å². The molecule has 78 valence electrons. The number of aromatic hydroxyl groups is 1. The van der Waals surface area contributed by atoms with Gasteiger partial charge in [-0.25, -0.2) is 0 Å². The van der Waals surface area contributed by atoms with Crippen molar-refractivity contribution in [2.24, 2.45) is 0 Å². The highest BCUT2D eigenvalue weighted by atomic mass is 16.3. The van der Waals surface area contributed by atoms with E-state index in [0.29, 0.717) is 0 Å². The van der Waals surface area contributed by atoms with Gasteiger partial charge in [-0.2, -0.15) is 0 Å². The van der Waals surface area contributed by atoms with Crippen LogP contribution in [0.15, 0.2) is 24.3 Å². The van der Waals surface area contributed by atoms with Crippen LogP contribution in [0.1, 0.15) is 19.4 Å². The smallest absolute Gasteiger partial charge is 0.115 e. The summed E-state index contributed by atoms with van der Waals surface area (Å²) in [6, 6.07) is 6.95. The first-order valence-corrected chi connectivity index (χ1v) is 4.78. The molecule has 0 aliphatic carbocycles. The lowest BCUT2D eigenvalue weighted by atomic mass is 9.93. The first-order chi connectivity index (χ1) is 6.62. The molecule has 1 rings (SSSR count). The van der Waals surface area contributed by atoms with E-state index in [0.717, 1.165) is 12.1 Å². The Bertz CT molecular complexity index is 301. The van der Waals surface area contributed by atoms with Crippen molar-refractivity contribution >= 4 is 0 Å². The highest BCUT2D eigenvalue weighted by molar-refractivity contribution is 5.32. The van der Waals surface area contributed by atoms with E-state index < -0.39 is 5.54 Å². The fraction of sp³-hybridized carbons (Fsp3) is 0.455. The van der Waals surface area contributed by atoms with Crippen LogP contribution in [0, 0.1) is 0 Å². The molecule has 1 aromatic carbocycles. The van der Waals surface area contributed by atoms with Crippen LogP contribution in [0.4, 0.5) is 0 Å². The van der Waals surface area contributed by atoms with Gasteiger partial charge < -0.3 is 15.5 Å². The Morgan fingerprint density at radius 1 is 1.43 bits per heavy atom. The zero-order valence-electron chi connectivity index (χ0n) is 8.62. The van der Waals surface area contributed by atoms with Crippen molar-refractivity contribution in [2.75, 3.05) is 13.2 Å². The molecular weight excluding hydrogens is 178 g/mol.